The number of hydrogen-bond donors (Lipinski definition) is 0. The van der Waals surface area contributed by atoms with Crippen LogP contribution in [0.3, 0.4) is 0 Å². The third kappa shape index (κ3) is 3.05. The molecule has 5 nitrogen and oxygen atoms in total. The van der Waals surface area contributed by atoms with Crippen LogP contribution in [0.25, 0.3) is 11.4 Å². The average Bonchev–Trinajstić information content (AvgIpc) is 3.31. The summed E-state index contributed by atoms with van der Waals surface area (Å²) in [5.74, 6) is 1.09. The van der Waals surface area contributed by atoms with E-state index in [-0.39, 0.29) is 11.9 Å². The molecule has 25 heavy (non-hydrogen) atoms. The fourth-order valence-corrected chi connectivity index (χ4v) is 3.20. The zero-order valence-corrected chi connectivity index (χ0v) is 14.1. The van der Waals surface area contributed by atoms with Crippen LogP contribution in [0.5, 0.6) is 0 Å². The molecule has 1 aliphatic heterocycles. The molecule has 2 aromatic carbocycles. The number of likely N-dealkylation sites (tertiary alicyclic amines) is 1. The molecule has 1 fully saturated rings. The van der Waals surface area contributed by atoms with Crippen LogP contribution < -0.4 is 0 Å². The number of aryl methyl sites for hydroxylation is 1. The largest absolute Gasteiger partial charge is 0.337 e. The van der Waals surface area contributed by atoms with Gasteiger partial charge in [-0.05, 0) is 31.9 Å². The Morgan fingerprint density at radius 1 is 1.12 bits per heavy atom. The minimum atomic E-state index is -0.153. The number of amides is 1. The summed E-state index contributed by atoms with van der Waals surface area (Å²) in [7, 11) is 0. The fourth-order valence-electron chi connectivity index (χ4n) is 3.20. The van der Waals surface area contributed by atoms with Crippen molar-refractivity contribution in [3.8, 4) is 11.4 Å². The van der Waals surface area contributed by atoms with E-state index in [9.17, 15) is 4.79 Å². The highest BCUT2D eigenvalue weighted by atomic mass is 16.5. The second-order valence-corrected chi connectivity index (χ2v) is 6.34. The van der Waals surface area contributed by atoms with E-state index in [0.29, 0.717) is 23.8 Å². The molecule has 1 aromatic heterocycles. The van der Waals surface area contributed by atoms with Gasteiger partial charge in [-0.1, -0.05) is 53.2 Å². The Hall–Kier alpha value is -2.95. The van der Waals surface area contributed by atoms with Gasteiger partial charge in [0.1, 0.15) is 6.04 Å². The minimum absolute atomic E-state index is 0.0122. The zero-order chi connectivity index (χ0) is 17.2. The lowest BCUT2D eigenvalue weighted by atomic mass is 10.1. The van der Waals surface area contributed by atoms with Gasteiger partial charge in [0.2, 0.25) is 11.7 Å². The van der Waals surface area contributed by atoms with Crippen LogP contribution in [-0.2, 0) is 0 Å². The molecular weight excluding hydrogens is 314 g/mol. The van der Waals surface area contributed by atoms with Crippen LogP contribution in [0, 0.1) is 6.92 Å². The lowest BCUT2D eigenvalue weighted by Crippen LogP contribution is -2.30. The first-order valence-corrected chi connectivity index (χ1v) is 8.49. The maximum Gasteiger partial charge on any atom is 0.254 e. The number of hydrogen-bond acceptors (Lipinski definition) is 4. The van der Waals surface area contributed by atoms with Crippen LogP contribution >= 0.6 is 0 Å². The molecule has 0 radical (unpaired) electrons. The monoisotopic (exact) mass is 333 g/mol. The Kier molecular flexibility index (Phi) is 4.06. The highest BCUT2D eigenvalue weighted by Crippen LogP contribution is 2.33. The molecule has 3 aromatic rings. The van der Waals surface area contributed by atoms with Crippen LogP contribution in [0.15, 0.2) is 59.1 Å². The minimum Gasteiger partial charge on any atom is -0.337 e. The van der Waals surface area contributed by atoms with E-state index in [2.05, 4.69) is 10.1 Å². The number of rotatable bonds is 3. The van der Waals surface area contributed by atoms with Gasteiger partial charge in [-0.3, -0.25) is 4.79 Å². The third-order valence-electron chi connectivity index (χ3n) is 4.57. The van der Waals surface area contributed by atoms with Gasteiger partial charge in [0.25, 0.3) is 5.91 Å². The standard InChI is InChI=1S/C20H19N3O2/c1-14-9-11-15(12-10-14)18-21-19(25-22-18)17-8-5-13-23(17)20(24)16-6-3-2-4-7-16/h2-4,6-7,9-12,17H,5,8,13H2,1H3/t17-/m1/s1. The molecule has 1 amide bonds. The molecule has 126 valence electrons. The highest BCUT2D eigenvalue weighted by molar-refractivity contribution is 5.94. The van der Waals surface area contributed by atoms with Crippen LogP contribution in [-0.4, -0.2) is 27.5 Å². The van der Waals surface area contributed by atoms with E-state index in [1.165, 1.54) is 5.56 Å². The number of aromatic nitrogens is 2. The van der Waals surface area contributed by atoms with Crippen molar-refractivity contribution in [3.63, 3.8) is 0 Å². The van der Waals surface area contributed by atoms with Gasteiger partial charge >= 0.3 is 0 Å². The average molecular weight is 333 g/mol. The molecule has 0 unspecified atom stereocenters. The molecule has 1 aliphatic rings. The van der Waals surface area contributed by atoms with Crippen molar-refractivity contribution in [3.05, 3.63) is 71.6 Å². The van der Waals surface area contributed by atoms with Gasteiger partial charge in [0.15, 0.2) is 0 Å². The van der Waals surface area contributed by atoms with Crippen molar-refractivity contribution in [2.24, 2.45) is 0 Å². The first-order valence-electron chi connectivity index (χ1n) is 8.49. The van der Waals surface area contributed by atoms with Gasteiger partial charge in [0.05, 0.1) is 0 Å². The smallest absolute Gasteiger partial charge is 0.254 e. The molecule has 0 N–H and O–H groups in total. The van der Waals surface area contributed by atoms with Gasteiger partial charge in [-0.15, -0.1) is 0 Å². The van der Waals surface area contributed by atoms with Crippen molar-refractivity contribution >= 4 is 5.91 Å². The van der Waals surface area contributed by atoms with Crippen molar-refractivity contribution in [2.45, 2.75) is 25.8 Å². The van der Waals surface area contributed by atoms with Crippen molar-refractivity contribution < 1.29 is 9.32 Å². The number of nitrogens with zero attached hydrogens (tertiary/aromatic N) is 3. The number of carbonyl (C=O) groups is 1. The molecule has 2 heterocycles. The van der Waals surface area contributed by atoms with Gasteiger partial charge in [-0.2, -0.15) is 4.98 Å². The molecule has 0 saturated carbocycles. The first-order chi connectivity index (χ1) is 12.2. The predicted octanol–water partition coefficient (Wildman–Crippen LogP) is 4.02. The maximum atomic E-state index is 12.8. The second-order valence-electron chi connectivity index (χ2n) is 6.34. The van der Waals surface area contributed by atoms with E-state index in [0.717, 1.165) is 18.4 Å². The molecule has 5 heteroatoms. The van der Waals surface area contributed by atoms with Crippen LogP contribution in [0.4, 0.5) is 0 Å². The zero-order valence-electron chi connectivity index (χ0n) is 14.1. The SMILES string of the molecule is Cc1ccc(-c2noc([C@H]3CCCN3C(=O)c3ccccc3)n2)cc1. The molecule has 0 bridgehead atoms. The normalized spacial score (nSPS) is 17.0. The summed E-state index contributed by atoms with van der Waals surface area (Å²) in [6.45, 7) is 2.75. The summed E-state index contributed by atoms with van der Waals surface area (Å²) in [6, 6.07) is 17.2. The fraction of sp³-hybridized carbons (Fsp3) is 0.250. The lowest BCUT2D eigenvalue weighted by Gasteiger charge is -2.21. The highest BCUT2D eigenvalue weighted by Gasteiger charge is 2.34. The third-order valence-corrected chi connectivity index (χ3v) is 4.57. The quantitative estimate of drug-likeness (QED) is 0.726. The van der Waals surface area contributed by atoms with Crippen LogP contribution in [0.1, 0.15) is 40.7 Å². The predicted molar refractivity (Wildman–Crippen MR) is 93.9 cm³/mol. The van der Waals surface area contributed by atoms with E-state index in [1.807, 2.05) is 66.4 Å². The Labute approximate surface area is 146 Å². The van der Waals surface area contributed by atoms with E-state index in [4.69, 9.17) is 4.52 Å². The first kappa shape index (κ1) is 15.6. The van der Waals surface area contributed by atoms with Crippen LogP contribution in [0.2, 0.25) is 0 Å². The van der Waals surface area contributed by atoms with E-state index >= 15 is 0 Å². The Balaban J connectivity index is 1.59. The summed E-state index contributed by atoms with van der Waals surface area (Å²) in [5, 5.41) is 4.10. The van der Waals surface area contributed by atoms with Gasteiger partial charge in [-0.25, -0.2) is 0 Å². The van der Waals surface area contributed by atoms with Crippen molar-refractivity contribution in [2.75, 3.05) is 6.54 Å². The van der Waals surface area contributed by atoms with Gasteiger partial charge in [0, 0.05) is 17.7 Å². The molecule has 1 atom stereocenters. The Morgan fingerprint density at radius 2 is 1.88 bits per heavy atom. The van der Waals surface area contributed by atoms with E-state index < -0.39 is 0 Å². The maximum absolute atomic E-state index is 12.8. The summed E-state index contributed by atoms with van der Waals surface area (Å²) in [6.07, 6.45) is 1.78. The molecule has 0 aliphatic carbocycles. The van der Waals surface area contributed by atoms with Gasteiger partial charge < -0.3 is 9.42 Å². The molecular formula is C20H19N3O2. The Morgan fingerprint density at radius 3 is 2.64 bits per heavy atom. The van der Waals surface area contributed by atoms with Crippen molar-refractivity contribution in [1.29, 1.82) is 0 Å². The number of benzene rings is 2. The van der Waals surface area contributed by atoms with Crippen molar-refractivity contribution in [1.82, 2.24) is 15.0 Å². The topological polar surface area (TPSA) is 59.2 Å². The summed E-state index contributed by atoms with van der Waals surface area (Å²) < 4.78 is 5.49. The summed E-state index contributed by atoms with van der Waals surface area (Å²) in [5.41, 5.74) is 2.79. The number of carbonyl (C=O) groups excluding carboxylic acids is 1. The summed E-state index contributed by atoms with van der Waals surface area (Å²) in [4.78, 5) is 19.2. The Bertz CT molecular complexity index is 871. The van der Waals surface area contributed by atoms with E-state index in [1.54, 1.807) is 0 Å². The second kappa shape index (κ2) is 6.51. The summed E-state index contributed by atoms with van der Waals surface area (Å²) >= 11 is 0. The molecule has 4 rings (SSSR count). The molecule has 0 spiro atoms. The lowest BCUT2D eigenvalue weighted by molar-refractivity contribution is 0.0710. The molecule has 1 saturated heterocycles.